The van der Waals surface area contributed by atoms with Crippen molar-refractivity contribution in [1.29, 1.82) is 0 Å². The first-order valence-corrected chi connectivity index (χ1v) is 13.8. The van der Waals surface area contributed by atoms with Crippen molar-refractivity contribution in [1.82, 2.24) is 9.97 Å². The van der Waals surface area contributed by atoms with E-state index in [2.05, 4.69) is 13.0 Å². The molecule has 0 amide bonds. The molecule has 1 aliphatic heterocycles. The van der Waals surface area contributed by atoms with Gasteiger partial charge in [0, 0.05) is 41.1 Å². The van der Waals surface area contributed by atoms with Gasteiger partial charge in [-0.15, -0.1) is 11.3 Å². The van der Waals surface area contributed by atoms with E-state index in [-0.39, 0.29) is 0 Å². The Bertz CT molecular complexity index is 1650. The quantitative estimate of drug-likeness (QED) is 0.214. The molecule has 1 atom stereocenters. The molecule has 0 bridgehead atoms. The zero-order valence-corrected chi connectivity index (χ0v) is 22.2. The van der Waals surface area contributed by atoms with Gasteiger partial charge in [0.05, 0.1) is 28.2 Å². The van der Waals surface area contributed by atoms with Gasteiger partial charge in [0.2, 0.25) is 0 Å². The van der Waals surface area contributed by atoms with Crippen LogP contribution in [0.3, 0.4) is 0 Å². The van der Waals surface area contributed by atoms with Gasteiger partial charge in [0.25, 0.3) is 0 Å². The maximum absolute atomic E-state index is 12.6. The Morgan fingerprint density at radius 2 is 2.11 bits per heavy atom. The predicted octanol–water partition coefficient (Wildman–Crippen LogP) is 7.36. The molecule has 1 aliphatic rings. The molecule has 3 aromatic heterocycles. The third kappa shape index (κ3) is 4.22. The lowest BCUT2D eigenvalue weighted by Crippen LogP contribution is -2.19. The number of aromatic nitrogens is 2. The molecular formula is C31H28N2O4S. The maximum Gasteiger partial charge on any atom is 0.337 e. The number of thiophene rings is 1. The number of pyridine rings is 2. The fraction of sp³-hybridized carbons (Fsp3) is 0.258. The van der Waals surface area contributed by atoms with Crippen molar-refractivity contribution >= 4 is 39.1 Å². The number of benzene rings is 2. The van der Waals surface area contributed by atoms with E-state index >= 15 is 0 Å². The summed E-state index contributed by atoms with van der Waals surface area (Å²) in [5.74, 6) is -0.198. The number of hydrogen-bond acceptors (Lipinski definition) is 6. The van der Waals surface area contributed by atoms with Gasteiger partial charge in [-0.25, -0.2) is 9.78 Å². The highest BCUT2D eigenvalue weighted by molar-refractivity contribution is 7.13. The Hall–Kier alpha value is -3.81. The number of rotatable bonds is 8. The Morgan fingerprint density at radius 3 is 2.89 bits per heavy atom. The zero-order chi connectivity index (χ0) is 26.2. The number of nitrogens with zero attached hydrogens (tertiary/aromatic N) is 2. The van der Waals surface area contributed by atoms with E-state index in [1.807, 2.05) is 61.0 Å². The van der Waals surface area contributed by atoms with Crippen molar-refractivity contribution < 1.29 is 19.4 Å². The lowest BCUT2D eigenvalue weighted by atomic mass is 9.86. The van der Waals surface area contributed by atoms with Gasteiger partial charge in [-0.1, -0.05) is 19.4 Å². The largest absolute Gasteiger partial charge is 0.493 e. The molecule has 4 heterocycles. The fourth-order valence-electron chi connectivity index (χ4n) is 5.34. The summed E-state index contributed by atoms with van der Waals surface area (Å²) in [6, 6.07) is 16.1. The molecule has 7 heteroatoms. The van der Waals surface area contributed by atoms with Gasteiger partial charge in [0.15, 0.2) is 6.10 Å². The molecule has 6 nitrogen and oxygen atoms in total. The van der Waals surface area contributed by atoms with Crippen molar-refractivity contribution in [3.05, 3.63) is 76.8 Å². The topological polar surface area (TPSA) is 81.5 Å². The number of carboxylic acid groups (broad SMARTS) is 1. The van der Waals surface area contributed by atoms with Crippen molar-refractivity contribution in [2.75, 3.05) is 13.2 Å². The summed E-state index contributed by atoms with van der Waals surface area (Å²) >= 11 is 1.64. The first-order chi connectivity index (χ1) is 18.6. The van der Waals surface area contributed by atoms with Crippen molar-refractivity contribution in [2.24, 2.45) is 0 Å². The van der Waals surface area contributed by atoms with Crippen molar-refractivity contribution in [3.63, 3.8) is 0 Å². The molecule has 1 unspecified atom stereocenters. The number of ether oxygens (including phenoxy) is 2. The van der Waals surface area contributed by atoms with Crippen LogP contribution in [-0.4, -0.2) is 34.3 Å². The van der Waals surface area contributed by atoms with E-state index in [1.54, 1.807) is 11.3 Å². The van der Waals surface area contributed by atoms with Gasteiger partial charge in [-0.2, -0.15) is 0 Å². The lowest BCUT2D eigenvalue weighted by Gasteiger charge is -2.24. The normalized spacial score (nSPS) is 13.5. The van der Waals surface area contributed by atoms with Crippen molar-refractivity contribution in [2.45, 2.75) is 39.2 Å². The van der Waals surface area contributed by atoms with E-state index in [9.17, 15) is 9.90 Å². The summed E-state index contributed by atoms with van der Waals surface area (Å²) in [6.45, 7) is 5.01. The maximum atomic E-state index is 12.6. The van der Waals surface area contributed by atoms with E-state index in [4.69, 9.17) is 19.4 Å². The Morgan fingerprint density at radius 1 is 1.21 bits per heavy atom. The second-order valence-electron chi connectivity index (χ2n) is 9.57. The summed E-state index contributed by atoms with van der Waals surface area (Å²) in [5.41, 5.74) is 6.81. The average Bonchev–Trinajstić information content (AvgIpc) is 3.46. The smallest absolute Gasteiger partial charge is 0.337 e. The summed E-state index contributed by atoms with van der Waals surface area (Å²) in [5, 5.41) is 14.2. The predicted molar refractivity (Wildman–Crippen MR) is 151 cm³/mol. The molecule has 0 saturated heterocycles. The van der Waals surface area contributed by atoms with Crippen LogP contribution < -0.4 is 4.74 Å². The van der Waals surface area contributed by atoms with Crippen LogP contribution in [0.2, 0.25) is 0 Å². The molecule has 5 aromatic rings. The molecule has 0 saturated carbocycles. The Balaban J connectivity index is 1.66. The third-order valence-electron chi connectivity index (χ3n) is 7.12. The van der Waals surface area contributed by atoms with Gasteiger partial charge < -0.3 is 14.6 Å². The van der Waals surface area contributed by atoms with Crippen LogP contribution >= 0.6 is 11.3 Å². The molecule has 6 rings (SSSR count). The first-order valence-electron chi connectivity index (χ1n) is 12.9. The van der Waals surface area contributed by atoms with Gasteiger partial charge >= 0.3 is 5.97 Å². The highest BCUT2D eigenvalue weighted by Gasteiger charge is 2.30. The van der Waals surface area contributed by atoms with Gasteiger partial charge in [-0.05, 0) is 77.9 Å². The minimum atomic E-state index is -1.11. The summed E-state index contributed by atoms with van der Waals surface area (Å²) in [4.78, 5) is 23.5. The number of carboxylic acids is 1. The molecule has 1 N–H and O–H groups in total. The number of hydrogen-bond donors (Lipinski definition) is 1. The molecule has 0 spiro atoms. The second kappa shape index (κ2) is 10.2. The Labute approximate surface area is 224 Å². The molecular weight excluding hydrogens is 496 g/mol. The van der Waals surface area contributed by atoms with E-state index in [0.29, 0.717) is 18.8 Å². The van der Waals surface area contributed by atoms with Crippen LogP contribution in [0.4, 0.5) is 0 Å². The van der Waals surface area contributed by atoms with Gasteiger partial charge in [0.1, 0.15) is 5.75 Å². The zero-order valence-electron chi connectivity index (χ0n) is 21.4. The van der Waals surface area contributed by atoms with E-state index in [1.165, 1.54) is 5.56 Å². The molecule has 38 heavy (non-hydrogen) atoms. The van der Waals surface area contributed by atoms with Crippen LogP contribution in [0.1, 0.15) is 42.6 Å². The second-order valence-corrected chi connectivity index (χ2v) is 10.5. The number of fused-ring (bicyclic) bond motifs is 1. The van der Waals surface area contributed by atoms with Crippen LogP contribution in [0.5, 0.6) is 5.75 Å². The van der Waals surface area contributed by atoms with Crippen LogP contribution in [-0.2, 0) is 16.0 Å². The molecule has 2 aromatic carbocycles. The van der Waals surface area contributed by atoms with E-state index in [0.717, 1.165) is 74.1 Å². The fourth-order valence-corrected chi connectivity index (χ4v) is 6.03. The minimum absolute atomic E-state index is 0.371. The number of carbonyl (C=O) groups is 1. The average molecular weight is 525 g/mol. The third-order valence-corrected chi connectivity index (χ3v) is 8.01. The highest BCUT2D eigenvalue weighted by atomic mass is 32.1. The van der Waals surface area contributed by atoms with Crippen LogP contribution in [0.15, 0.2) is 60.1 Å². The molecule has 192 valence electrons. The van der Waals surface area contributed by atoms with E-state index < -0.39 is 12.1 Å². The Kier molecular flexibility index (Phi) is 6.55. The summed E-state index contributed by atoms with van der Waals surface area (Å²) in [6.07, 6.45) is 3.23. The lowest BCUT2D eigenvalue weighted by molar-refractivity contribution is -0.151. The first kappa shape index (κ1) is 24.5. The standard InChI is InChI=1S/C31H28N2O4S/c1-3-4-14-37-30(31(34)35)26-18(2)17-23-20(7-9-22(33-23)25-6-5-16-38-25)28(26)21-8-10-24-27-19(12-15-36-24)11-13-32-29(21)27/h5-11,13,16-17,30H,3-4,12,14-15H2,1-2H3,(H,34,35). The number of aliphatic carboxylic acids is 1. The molecule has 0 fully saturated rings. The molecule has 0 radical (unpaired) electrons. The number of aryl methyl sites for hydroxylation is 1. The SMILES string of the molecule is CCCCOC(C(=O)O)c1c(C)cc2nc(-c3cccs3)ccc2c1-c1ccc2c3c(ccnc13)CCO2. The van der Waals surface area contributed by atoms with Crippen molar-refractivity contribution in [3.8, 4) is 27.4 Å². The van der Waals surface area contributed by atoms with Crippen LogP contribution in [0, 0.1) is 6.92 Å². The molecule has 0 aliphatic carbocycles. The monoisotopic (exact) mass is 524 g/mol. The minimum Gasteiger partial charge on any atom is -0.493 e. The van der Waals surface area contributed by atoms with Crippen LogP contribution in [0.25, 0.3) is 43.5 Å². The summed E-state index contributed by atoms with van der Waals surface area (Å²) < 4.78 is 12.0. The summed E-state index contributed by atoms with van der Waals surface area (Å²) in [7, 11) is 0. The number of unbranched alkanes of at least 4 members (excludes halogenated alkanes) is 1. The van der Waals surface area contributed by atoms with Gasteiger partial charge in [-0.3, -0.25) is 4.98 Å². The highest BCUT2D eigenvalue weighted by Crippen LogP contribution is 2.44.